The molecule has 1 N–H and O–H groups in total. The first-order valence-electron chi connectivity index (χ1n) is 8.40. The maximum Gasteiger partial charge on any atom is 0.410 e. The van der Waals surface area contributed by atoms with Gasteiger partial charge in [0.1, 0.15) is 5.60 Å². The van der Waals surface area contributed by atoms with Crippen molar-refractivity contribution in [3.05, 3.63) is 18.5 Å². The normalized spacial score (nSPS) is 21.3. The average molecular weight is 386 g/mol. The van der Waals surface area contributed by atoms with Crippen LogP contribution in [0.15, 0.2) is 18.5 Å². The number of rotatable bonds is 5. The summed E-state index contributed by atoms with van der Waals surface area (Å²) in [5.74, 6) is 0.340. The lowest BCUT2D eigenvalue weighted by Crippen LogP contribution is -2.51. The third-order valence-electron chi connectivity index (χ3n) is 3.73. The summed E-state index contributed by atoms with van der Waals surface area (Å²) < 4.78 is 33.8. The van der Waals surface area contributed by atoms with Gasteiger partial charge in [0.25, 0.3) is 10.1 Å². The predicted molar refractivity (Wildman–Crippen MR) is 96.2 cm³/mol. The molecule has 0 aliphatic carbocycles. The van der Waals surface area contributed by atoms with Gasteiger partial charge in [-0.3, -0.25) is 4.18 Å². The lowest BCUT2D eigenvalue weighted by Gasteiger charge is -2.38. The van der Waals surface area contributed by atoms with Crippen molar-refractivity contribution in [2.45, 2.75) is 38.9 Å². The van der Waals surface area contributed by atoms with Crippen LogP contribution in [-0.2, 0) is 19.0 Å². The summed E-state index contributed by atoms with van der Waals surface area (Å²) in [5, 5.41) is 3.08. The minimum absolute atomic E-state index is 0.118. The number of ether oxygens (including phenoxy) is 1. The zero-order chi connectivity index (χ0) is 19.4. The SMILES string of the molecule is CC(C)(C)OC(=O)N1CC[C@H](CNc2ncccn2)[C@H](OS(C)(=O)=O)C1. The molecule has 2 atom stereocenters. The number of anilines is 1. The van der Waals surface area contributed by atoms with Gasteiger partial charge >= 0.3 is 6.09 Å². The van der Waals surface area contributed by atoms with Crippen molar-refractivity contribution in [2.24, 2.45) is 5.92 Å². The molecule has 1 aliphatic rings. The Labute approximate surface area is 154 Å². The Hall–Kier alpha value is -1.94. The lowest BCUT2D eigenvalue weighted by molar-refractivity contribution is -0.00249. The largest absolute Gasteiger partial charge is 0.444 e. The summed E-state index contributed by atoms with van der Waals surface area (Å²) in [5.41, 5.74) is -0.618. The van der Waals surface area contributed by atoms with E-state index in [9.17, 15) is 13.2 Å². The van der Waals surface area contributed by atoms with Crippen molar-refractivity contribution in [1.82, 2.24) is 14.9 Å². The fourth-order valence-corrected chi connectivity index (χ4v) is 3.30. The molecular weight excluding hydrogens is 360 g/mol. The van der Waals surface area contributed by atoms with Gasteiger partial charge in [-0.1, -0.05) is 0 Å². The molecule has 1 amide bonds. The summed E-state index contributed by atoms with van der Waals surface area (Å²) in [6.07, 6.45) is 3.67. The predicted octanol–water partition coefficient (Wildman–Crippen LogP) is 1.49. The highest BCUT2D eigenvalue weighted by Crippen LogP contribution is 2.24. The van der Waals surface area contributed by atoms with Gasteiger partial charge in [-0.05, 0) is 33.3 Å². The Bertz CT molecular complexity index is 705. The van der Waals surface area contributed by atoms with Gasteiger partial charge in [-0.25, -0.2) is 14.8 Å². The van der Waals surface area contributed by atoms with Crippen LogP contribution in [0.4, 0.5) is 10.7 Å². The summed E-state index contributed by atoms with van der Waals surface area (Å²) in [6, 6.07) is 1.71. The van der Waals surface area contributed by atoms with Gasteiger partial charge in [-0.2, -0.15) is 8.42 Å². The van der Waals surface area contributed by atoms with Crippen LogP contribution in [0.2, 0.25) is 0 Å². The van der Waals surface area contributed by atoms with Crippen LogP contribution in [0, 0.1) is 5.92 Å². The quantitative estimate of drug-likeness (QED) is 0.758. The van der Waals surface area contributed by atoms with Crippen LogP contribution in [-0.4, -0.2) is 67.0 Å². The summed E-state index contributed by atoms with van der Waals surface area (Å²) in [4.78, 5) is 21.9. The Kier molecular flexibility index (Phi) is 6.40. The first-order chi connectivity index (χ1) is 12.0. The third kappa shape index (κ3) is 6.75. The number of likely N-dealkylation sites (tertiary alicyclic amines) is 1. The lowest BCUT2D eigenvalue weighted by atomic mass is 9.94. The van der Waals surface area contributed by atoms with E-state index in [-0.39, 0.29) is 12.5 Å². The molecule has 1 aliphatic heterocycles. The van der Waals surface area contributed by atoms with E-state index in [1.807, 2.05) is 0 Å². The zero-order valence-corrected chi connectivity index (χ0v) is 16.3. The molecule has 1 aromatic heterocycles. The minimum Gasteiger partial charge on any atom is -0.444 e. The van der Waals surface area contributed by atoms with Crippen LogP contribution >= 0.6 is 0 Å². The molecule has 1 saturated heterocycles. The topological polar surface area (TPSA) is 111 Å². The smallest absolute Gasteiger partial charge is 0.410 e. The fourth-order valence-electron chi connectivity index (χ4n) is 2.64. The summed E-state index contributed by atoms with van der Waals surface area (Å²) in [6.45, 7) is 6.39. The molecule has 0 bridgehead atoms. The Morgan fingerprint density at radius 1 is 1.35 bits per heavy atom. The van der Waals surface area contributed by atoms with Crippen LogP contribution in [0.1, 0.15) is 27.2 Å². The first-order valence-corrected chi connectivity index (χ1v) is 10.2. The molecule has 1 aromatic rings. The highest BCUT2D eigenvalue weighted by Gasteiger charge is 2.36. The number of hydrogen-bond donors (Lipinski definition) is 1. The van der Waals surface area contributed by atoms with Gasteiger partial charge in [0.2, 0.25) is 5.95 Å². The second kappa shape index (κ2) is 8.17. The maximum absolute atomic E-state index is 12.3. The van der Waals surface area contributed by atoms with Gasteiger partial charge < -0.3 is 15.0 Å². The van der Waals surface area contributed by atoms with E-state index in [2.05, 4.69) is 15.3 Å². The molecular formula is C16H26N4O5S. The van der Waals surface area contributed by atoms with Crippen molar-refractivity contribution >= 4 is 22.2 Å². The molecule has 2 heterocycles. The standard InChI is InChI=1S/C16H26N4O5S/c1-16(2,3)24-15(21)20-9-6-12(13(11-20)25-26(4,22)23)10-19-14-17-7-5-8-18-14/h5,7-8,12-13H,6,9-11H2,1-4H3,(H,17,18,19)/t12-,13-/m1/s1. The van der Waals surface area contributed by atoms with Gasteiger partial charge in [0, 0.05) is 31.4 Å². The van der Waals surface area contributed by atoms with E-state index in [0.717, 1.165) is 6.26 Å². The number of piperidine rings is 1. The zero-order valence-electron chi connectivity index (χ0n) is 15.5. The second-order valence-electron chi connectivity index (χ2n) is 7.27. The van der Waals surface area contributed by atoms with E-state index in [0.29, 0.717) is 25.5 Å². The van der Waals surface area contributed by atoms with E-state index in [1.54, 1.807) is 39.2 Å². The molecule has 0 unspecified atom stereocenters. The van der Waals surface area contributed by atoms with Crippen molar-refractivity contribution in [1.29, 1.82) is 0 Å². The third-order valence-corrected chi connectivity index (χ3v) is 4.33. The Balaban J connectivity index is 2.03. The molecule has 10 heteroatoms. The number of hydrogen-bond acceptors (Lipinski definition) is 8. The number of carbonyl (C=O) groups is 1. The number of nitrogens with zero attached hydrogens (tertiary/aromatic N) is 3. The van der Waals surface area contributed by atoms with E-state index >= 15 is 0 Å². The van der Waals surface area contributed by atoms with Gasteiger partial charge in [0.05, 0.1) is 18.9 Å². The monoisotopic (exact) mass is 386 g/mol. The summed E-state index contributed by atoms with van der Waals surface area (Å²) in [7, 11) is -3.66. The second-order valence-corrected chi connectivity index (χ2v) is 8.87. The van der Waals surface area contributed by atoms with Crippen LogP contribution in [0.3, 0.4) is 0 Å². The van der Waals surface area contributed by atoms with Crippen molar-refractivity contribution in [3.63, 3.8) is 0 Å². The average Bonchev–Trinajstić information content (AvgIpc) is 2.51. The Morgan fingerprint density at radius 2 is 2.00 bits per heavy atom. The number of carbonyl (C=O) groups excluding carboxylic acids is 1. The molecule has 0 radical (unpaired) electrons. The van der Waals surface area contributed by atoms with Crippen molar-refractivity contribution < 1.29 is 22.1 Å². The molecule has 26 heavy (non-hydrogen) atoms. The van der Waals surface area contributed by atoms with Crippen LogP contribution in [0.25, 0.3) is 0 Å². The molecule has 0 spiro atoms. The van der Waals surface area contributed by atoms with Crippen LogP contribution < -0.4 is 5.32 Å². The highest BCUT2D eigenvalue weighted by molar-refractivity contribution is 7.86. The fraction of sp³-hybridized carbons (Fsp3) is 0.688. The van der Waals surface area contributed by atoms with Crippen LogP contribution in [0.5, 0.6) is 0 Å². The van der Waals surface area contributed by atoms with Gasteiger partial charge in [0.15, 0.2) is 0 Å². The molecule has 2 rings (SSSR count). The minimum atomic E-state index is -3.66. The summed E-state index contributed by atoms with van der Waals surface area (Å²) >= 11 is 0. The maximum atomic E-state index is 12.3. The van der Waals surface area contributed by atoms with E-state index in [4.69, 9.17) is 8.92 Å². The Morgan fingerprint density at radius 3 is 2.58 bits per heavy atom. The molecule has 0 saturated carbocycles. The molecule has 1 fully saturated rings. The number of amides is 1. The highest BCUT2D eigenvalue weighted by atomic mass is 32.2. The first kappa shape index (κ1) is 20.4. The van der Waals surface area contributed by atoms with Crippen molar-refractivity contribution in [2.75, 3.05) is 31.2 Å². The number of aromatic nitrogens is 2. The molecule has 146 valence electrons. The number of nitrogens with one attached hydrogen (secondary N) is 1. The molecule has 0 aromatic carbocycles. The van der Waals surface area contributed by atoms with E-state index < -0.39 is 27.9 Å². The van der Waals surface area contributed by atoms with E-state index in [1.165, 1.54) is 4.90 Å². The van der Waals surface area contributed by atoms with Crippen molar-refractivity contribution in [3.8, 4) is 0 Å². The molecule has 9 nitrogen and oxygen atoms in total. The van der Waals surface area contributed by atoms with Gasteiger partial charge in [-0.15, -0.1) is 0 Å².